The quantitative estimate of drug-likeness (QED) is 0.840. The number of aryl methyl sites for hydroxylation is 1. The van der Waals surface area contributed by atoms with Crippen molar-refractivity contribution in [2.45, 2.75) is 39.7 Å². The number of rotatable bonds is 5. The SMILES string of the molecule is CCC(CC)Oc1cc(C)sc1C(=O)O. The van der Waals surface area contributed by atoms with Crippen LogP contribution in [0.25, 0.3) is 0 Å². The second kappa shape index (κ2) is 5.16. The molecule has 0 saturated heterocycles. The van der Waals surface area contributed by atoms with Crippen LogP contribution < -0.4 is 4.74 Å². The Hall–Kier alpha value is -1.03. The molecule has 0 aliphatic rings. The lowest BCUT2D eigenvalue weighted by Crippen LogP contribution is -2.14. The Morgan fingerprint density at radius 2 is 2.13 bits per heavy atom. The zero-order valence-electron chi connectivity index (χ0n) is 9.24. The van der Waals surface area contributed by atoms with Crippen LogP contribution in [-0.2, 0) is 0 Å². The molecule has 0 spiro atoms. The summed E-state index contributed by atoms with van der Waals surface area (Å²) in [5.41, 5.74) is 0. The highest BCUT2D eigenvalue weighted by atomic mass is 32.1. The number of carboxylic acids is 1. The molecule has 0 aliphatic carbocycles. The van der Waals surface area contributed by atoms with Crippen molar-refractivity contribution in [3.05, 3.63) is 15.8 Å². The van der Waals surface area contributed by atoms with Crippen LogP contribution in [0.3, 0.4) is 0 Å². The van der Waals surface area contributed by atoms with Gasteiger partial charge in [0.05, 0.1) is 6.10 Å². The van der Waals surface area contributed by atoms with Crippen molar-refractivity contribution in [3.8, 4) is 5.75 Å². The van der Waals surface area contributed by atoms with Gasteiger partial charge in [-0.05, 0) is 25.8 Å². The number of ether oxygens (including phenoxy) is 1. The maximum atomic E-state index is 10.9. The molecule has 0 amide bonds. The fourth-order valence-electron chi connectivity index (χ4n) is 1.36. The van der Waals surface area contributed by atoms with E-state index in [2.05, 4.69) is 0 Å². The highest BCUT2D eigenvalue weighted by molar-refractivity contribution is 7.14. The molecule has 0 radical (unpaired) electrons. The topological polar surface area (TPSA) is 46.5 Å². The first-order valence-corrected chi connectivity index (χ1v) is 5.90. The van der Waals surface area contributed by atoms with Crippen molar-refractivity contribution in [2.24, 2.45) is 0 Å². The van der Waals surface area contributed by atoms with E-state index in [1.165, 1.54) is 11.3 Å². The zero-order chi connectivity index (χ0) is 11.4. The summed E-state index contributed by atoms with van der Waals surface area (Å²) in [5, 5.41) is 8.97. The summed E-state index contributed by atoms with van der Waals surface area (Å²) in [7, 11) is 0. The molecule has 1 rings (SSSR count). The second-order valence-electron chi connectivity index (χ2n) is 3.41. The Morgan fingerprint density at radius 3 is 2.60 bits per heavy atom. The summed E-state index contributed by atoms with van der Waals surface area (Å²) in [6.07, 6.45) is 1.90. The standard InChI is InChI=1S/C11H16O3S/c1-4-8(5-2)14-9-6-7(3)15-10(9)11(12)13/h6,8H,4-5H2,1-3H3,(H,12,13). The van der Waals surface area contributed by atoms with E-state index in [9.17, 15) is 4.79 Å². The molecule has 15 heavy (non-hydrogen) atoms. The van der Waals surface area contributed by atoms with Crippen LogP contribution >= 0.6 is 11.3 Å². The third kappa shape index (κ3) is 2.96. The molecule has 1 aromatic heterocycles. The Balaban J connectivity index is 2.88. The summed E-state index contributed by atoms with van der Waals surface area (Å²) >= 11 is 1.26. The number of carboxylic acid groups (broad SMARTS) is 1. The van der Waals surface area contributed by atoms with Crippen LogP contribution in [0.1, 0.15) is 41.2 Å². The molecular weight excluding hydrogens is 212 g/mol. The lowest BCUT2D eigenvalue weighted by molar-refractivity contribution is 0.0694. The van der Waals surface area contributed by atoms with Gasteiger partial charge in [-0.15, -0.1) is 11.3 Å². The third-order valence-corrected chi connectivity index (χ3v) is 3.24. The van der Waals surface area contributed by atoms with Gasteiger partial charge in [0, 0.05) is 4.88 Å². The zero-order valence-corrected chi connectivity index (χ0v) is 10.1. The van der Waals surface area contributed by atoms with Gasteiger partial charge in [-0.2, -0.15) is 0 Å². The molecule has 0 aliphatic heterocycles. The first-order valence-electron chi connectivity index (χ1n) is 5.08. The lowest BCUT2D eigenvalue weighted by Gasteiger charge is -2.14. The molecule has 0 aromatic carbocycles. The van der Waals surface area contributed by atoms with E-state index < -0.39 is 5.97 Å². The molecule has 0 atom stereocenters. The number of aromatic carboxylic acids is 1. The van der Waals surface area contributed by atoms with E-state index in [1.54, 1.807) is 6.07 Å². The molecule has 84 valence electrons. The van der Waals surface area contributed by atoms with Crippen LogP contribution in [0.4, 0.5) is 0 Å². The number of thiophene rings is 1. The third-order valence-electron chi connectivity index (χ3n) is 2.22. The van der Waals surface area contributed by atoms with Gasteiger partial charge in [-0.25, -0.2) is 4.79 Å². The summed E-state index contributed by atoms with van der Waals surface area (Å²) in [6, 6.07) is 1.80. The Bertz CT molecular complexity index is 340. The predicted molar refractivity (Wildman–Crippen MR) is 61.0 cm³/mol. The average Bonchev–Trinajstić information content (AvgIpc) is 2.56. The summed E-state index contributed by atoms with van der Waals surface area (Å²) in [6.45, 7) is 5.96. The van der Waals surface area contributed by atoms with Crippen LogP contribution in [0.15, 0.2) is 6.07 Å². The van der Waals surface area contributed by atoms with Gasteiger partial charge in [0.25, 0.3) is 0 Å². The van der Waals surface area contributed by atoms with Crippen molar-refractivity contribution >= 4 is 17.3 Å². The van der Waals surface area contributed by atoms with Gasteiger partial charge >= 0.3 is 5.97 Å². The van der Waals surface area contributed by atoms with Crippen LogP contribution in [0.2, 0.25) is 0 Å². The highest BCUT2D eigenvalue weighted by Crippen LogP contribution is 2.30. The van der Waals surface area contributed by atoms with E-state index in [0.717, 1.165) is 17.7 Å². The van der Waals surface area contributed by atoms with Crippen molar-refractivity contribution in [1.82, 2.24) is 0 Å². The van der Waals surface area contributed by atoms with Gasteiger partial charge in [-0.1, -0.05) is 13.8 Å². The van der Waals surface area contributed by atoms with Crippen molar-refractivity contribution in [1.29, 1.82) is 0 Å². The first-order chi connectivity index (χ1) is 7.08. The second-order valence-corrected chi connectivity index (χ2v) is 4.67. The first kappa shape index (κ1) is 12.0. The predicted octanol–water partition coefficient (Wildman–Crippen LogP) is 3.32. The van der Waals surface area contributed by atoms with Crippen LogP contribution in [-0.4, -0.2) is 17.2 Å². The molecule has 1 heterocycles. The molecule has 4 heteroatoms. The van der Waals surface area contributed by atoms with Crippen molar-refractivity contribution in [3.63, 3.8) is 0 Å². The Morgan fingerprint density at radius 1 is 1.53 bits per heavy atom. The maximum Gasteiger partial charge on any atom is 0.349 e. The van der Waals surface area contributed by atoms with Crippen molar-refractivity contribution < 1.29 is 14.6 Å². The minimum atomic E-state index is -0.908. The molecule has 0 unspecified atom stereocenters. The fourth-order valence-corrected chi connectivity index (χ4v) is 2.15. The smallest absolute Gasteiger partial charge is 0.349 e. The molecule has 0 bridgehead atoms. The number of hydrogen-bond acceptors (Lipinski definition) is 3. The van der Waals surface area contributed by atoms with Gasteiger partial charge < -0.3 is 9.84 Å². The number of carbonyl (C=O) groups is 1. The van der Waals surface area contributed by atoms with E-state index in [1.807, 2.05) is 20.8 Å². The van der Waals surface area contributed by atoms with Crippen LogP contribution in [0, 0.1) is 6.92 Å². The molecule has 1 aromatic rings. The highest BCUT2D eigenvalue weighted by Gasteiger charge is 2.17. The lowest BCUT2D eigenvalue weighted by atomic mass is 10.2. The average molecular weight is 228 g/mol. The van der Waals surface area contributed by atoms with Gasteiger partial charge in [0.2, 0.25) is 0 Å². The van der Waals surface area contributed by atoms with Gasteiger partial charge in [-0.3, -0.25) is 0 Å². The minimum Gasteiger partial charge on any atom is -0.489 e. The maximum absolute atomic E-state index is 10.9. The van der Waals surface area contributed by atoms with Crippen LogP contribution in [0.5, 0.6) is 5.75 Å². The summed E-state index contributed by atoms with van der Waals surface area (Å²) in [5.74, 6) is -0.396. The van der Waals surface area contributed by atoms with E-state index in [0.29, 0.717) is 10.6 Å². The number of hydrogen-bond donors (Lipinski definition) is 1. The van der Waals surface area contributed by atoms with E-state index >= 15 is 0 Å². The molecule has 3 nitrogen and oxygen atoms in total. The Labute approximate surface area is 93.7 Å². The summed E-state index contributed by atoms with van der Waals surface area (Å²) in [4.78, 5) is 12.2. The fraction of sp³-hybridized carbons (Fsp3) is 0.545. The van der Waals surface area contributed by atoms with E-state index in [-0.39, 0.29) is 6.10 Å². The van der Waals surface area contributed by atoms with Crippen molar-refractivity contribution in [2.75, 3.05) is 0 Å². The normalized spacial score (nSPS) is 10.7. The van der Waals surface area contributed by atoms with Gasteiger partial charge in [0.1, 0.15) is 5.75 Å². The largest absolute Gasteiger partial charge is 0.489 e. The molecule has 1 N–H and O–H groups in total. The van der Waals surface area contributed by atoms with Gasteiger partial charge in [0.15, 0.2) is 4.88 Å². The minimum absolute atomic E-state index is 0.108. The monoisotopic (exact) mass is 228 g/mol. The molecule has 0 saturated carbocycles. The van der Waals surface area contributed by atoms with E-state index in [4.69, 9.17) is 9.84 Å². The molecule has 0 fully saturated rings. The Kier molecular flexibility index (Phi) is 4.15. The molecular formula is C11H16O3S. The summed E-state index contributed by atoms with van der Waals surface area (Å²) < 4.78 is 5.66.